The van der Waals surface area contributed by atoms with Crippen LogP contribution in [0.5, 0.6) is 0 Å². The summed E-state index contributed by atoms with van der Waals surface area (Å²) in [6.07, 6.45) is 5.71. The van der Waals surface area contributed by atoms with E-state index in [9.17, 15) is 4.79 Å². The second kappa shape index (κ2) is 8.31. The van der Waals surface area contributed by atoms with E-state index in [1.165, 1.54) is 0 Å². The molecule has 0 saturated carbocycles. The number of carbonyl (C=O) groups excluding carboxylic acids is 1. The first kappa shape index (κ1) is 12.7. The van der Waals surface area contributed by atoms with E-state index in [1.54, 1.807) is 13.0 Å². The van der Waals surface area contributed by atoms with Crippen LogP contribution in [0, 0.1) is 11.3 Å². The molecular formula is C11H17NO2. The highest BCUT2D eigenvalue weighted by Crippen LogP contribution is 2.04. The van der Waals surface area contributed by atoms with Crippen LogP contribution < -0.4 is 0 Å². The number of allylic oxidation sites excluding steroid dienone is 1. The van der Waals surface area contributed by atoms with Gasteiger partial charge in [-0.1, -0.05) is 25.8 Å². The van der Waals surface area contributed by atoms with Gasteiger partial charge < -0.3 is 4.74 Å². The molecule has 0 aliphatic rings. The second-order valence-corrected chi connectivity index (χ2v) is 2.95. The van der Waals surface area contributed by atoms with Gasteiger partial charge in [0.2, 0.25) is 0 Å². The average molecular weight is 195 g/mol. The Labute approximate surface area is 85.4 Å². The SMILES string of the molecule is CCCCC/C=C(\C#N)C(=O)OCC. The molecule has 0 heterocycles. The number of rotatable bonds is 6. The third-order valence-corrected chi connectivity index (χ3v) is 1.77. The molecule has 0 unspecified atom stereocenters. The fourth-order valence-corrected chi connectivity index (χ4v) is 1.02. The summed E-state index contributed by atoms with van der Waals surface area (Å²) in [5, 5.41) is 8.66. The van der Waals surface area contributed by atoms with Crippen LogP contribution in [0.3, 0.4) is 0 Å². The average Bonchev–Trinajstić information content (AvgIpc) is 2.18. The number of carbonyl (C=O) groups is 1. The quantitative estimate of drug-likeness (QED) is 0.283. The van der Waals surface area contributed by atoms with Gasteiger partial charge in [-0.15, -0.1) is 0 Å². The molecule has 0 aliphatic heterocycles. The van der Waals surface area contributed by atoms with Gasteiger partial charge in [0.1, 0.15) is 11.6 Å². The number of unbranched alkanes of at least 4 members (excludes halogenated alkanes) is 3. The summed E-state index contributed by atoms with van der Waals surface area (Å²) in [7, 11) is 0. The highest BCUT2D eigenvalue weighted by atomic mass is 16.5. The zero-order chi connectivity index (χ0) is 10.8. The molecule has 0 saturated heterocycles. The van der Waals surface area contributed by atoms with Crippen molar-refractivity contribution in [2.75, 3.05) is 6.61 Å². The molecule has 14 heavy (non-hydrogen) atoms. The number of ether oxygens (including phenoxy) is 1. The third-order valence-electron chi connectivity index (χ3n) is 1.77. The van der Waals surface area contributed by atoms with Crippen LogP contribution >= 0.6 is 0 Å². The van der Waals surface area contributed by atoms with Crippen molar-refractivity contribution in [3.05, 3.63) is 11.6 Å². The Morgan fingerprint density at radius 1 is 1.43 bits per heavy atom. The molecule has 3 heteroatoms. The number of nitrogens with zero attached hydrogens (tertiary/aromatic N) is 1. The molecule has 0 N–H and O–H groups in total. The summed E-state index contributed by atoms with van der Waals surface area (Å²) in [4.78, 5) is 11.1. The molecule has 0 spiro atoms. The van der Waals surface area contributed by atoms with Gasteiger partial charge in [-0.2, -0.15) is 5.26 Å². The fraction of sp³-hybridized carbons (Fsp3) is 0.636. The van der Waals surface area contributed by atoms with Gasteiger partial charge in [0.05, 0.1) is 6.61 Å². The Hall–Kier alpha value is -1.30. The maximum atomic E-state index is 11.1. The Bertz CT molecular complexity index is 238. The van der Waals surface area contributed by atoms with Crippen molar-refractivity contribution >= 4 is 5.97 Å². The lowest BCUT2D eigenvalue weighted by atomic mass is 10.1. The van der Waals surface area contributed by atoms with Crippen LogP contribution in [0.2, 0.25) is 0 Å². The smallest absolute Gasteiger partial charge is 0.348 e. The monoisotopic (exact) mass is 195 g/mol. The Morgan fingerprint density at radius 2 is 2.14 bits per heavy atom. The fourth-order valence-electron chi connectivity index (χ4n) is 1.02. The largest absolute Gasteiger partial charge is 0.462 e. The van der Waals surface area contributed by atoms with Gasteiger partial charge in [0.15, 0.2) is 0 Å². The van der Waals surface area contributed by atoms with Crippen LogP contribution in [-0.2, 0) is 9.53 Å². The lowest BCUT2D eigenvalue weighted by Crippen LogP contribution is -2.06. The van der Waals surface area contributed by atoms with Crippen molar-refractivity contribution in [1.29, 1.82) is 5.26 Å². The minimum Gasteiger partial charge on any atom is -0.462 e. The maximum Gasteiger partial charge on any atom is 0.348 e. The first-order valence-corrected chi connectivity index (χ1v) is 5.03. The summed E-state index contributed by atoms with van der Waals surface area (Å²) in [5.74, 6) is -0.508. The van der Waals surface area contributed by atoms with Crippen molar-refractivity contribution in [1.82, 2.24) is 0 Å². The van der Waals surface area contributed by atoms with Crippen molar-refractivity contribution < 1.29 is 9.53 Å². The molecule has 0 rings (SSSR count). The maximum absolute atomic E-state index is 11.1. The van der Waals surface area contributed by atoms with Gasteiger partial charge in [0.25, 0.3) is 0 Å². The molecule has 0 aromatic carbocycles. The van der Waals surface area contributed by atoms with Crippen molar-refractivity contribution in [2.45, 2.75) is 39.5 Å². The molecule has 0 bridgehead atoms. The molecular weight excluding hydrogens is 178 g/mol. The van der Waals surface area contributed by atoms with E-state index in [0.29, 0.717) is 6.61 Å². The zero-order valence-corrected chi connectivity index (χ0v) is 8.88. The second-order valence-electron chi connectivity index (χ2n) is 2.95. The molecule has 78 valence electrons. The van der Waals surface area contributed by atoms with E-state index in [0.717, 1.165) is 25.7 Å². The summed E-state index contributed by atoms with van der Waals surface area (Å²) < 4.78 is 4.72. The Kier molecular flexibility index (Phi) is 7.53. The first-order valence-electron chi connectivity index (χ1n) is 5.03. The molecule has 0 aliphatic carbocycles. The topological polar surface area (TPSA) is 50.1 Å². The summed E-state index contributed by atoms with van der Waals surface area (Å²) in [6, 6.07) is 1.85. The number of esters is 1. The van der Waals surface area contributed by atoms with Gasteiger partial charge in [0, 0.05) is 0 Å². The third kappa shape index (κ3) is 5.36. The van der Waals surface area contributed by atoms with Gasteiger partial charge in [-0.05, 0) is 19.8 Å². The van der Waals surface area contributed by atoms with Crippen molar-refractivity contribution in [2.24, 2.45) is 0 Å². The summed E-state index contributed by atoms with van der Waals surface area (Å²) >= 11 is 0. The molecule has 0 amide bonds. The molecule has 0 aromatic heterocycles. The first-order chi connectivity index (χ1) is 6.76. The van der Waals surface area contributed by atoms with Crippen LogP contribution in [0.1, 0.15) is 39.5 Å². The Morgan fingerprint density at radius 3 is 2.64 bits per heavy atom. The minimum absolute atomic E-state index is 0.128. The van der Waals surface area contributed by atoms with E-state index in [2.05, 4.69) is 6.92 Å². The van der Waals surface area contributed by atoms with Crippen LogP contribution in [0.15, 0.2) is 11.6 Å². The van der Waals surface area contributed by atoms with E-state index in [-0.39, 0.29) is 5.57 Å². The predicted molar refractivity (Wildman–Crippen MR) is 54.5 cm³/mol. The van der Waals surface area contributed by atoms with Crippen molar-refractivity contribution in [3.8, 4) is 6.07 Å². The van der Waals surface area contributed by atoms with Crippen LogP contribution in [-0.4, -0.2) is 12.6 Å². The van der Waals surface area contributed by atoms with Crippen molar-refractivity contribution in [3.63, 3.8) is 0 Å². The van der Waals surface area contributed by atoms with E-state index < -0.39 is 5.97 Å². The van der Waals surface area contributed by atoms with E-state index in [4.69, 9.17) is 10.00 Å². The summed E-state index contributed by atoms with van der Waals surface area (Å²) in [5.41, 5.74) is 0.128. The van der Waals surface area contributed by atoms with E-state index in [1.807, 2.05) is 6.07 Å². The standard InChI is InChI=1S/C11H17NO2/c1-3-5-6-7-8-10(9-12)11(13)14-4-2/h8H,3-7H2,1-2H3/b10-8+. The highest BCUT2D eigenvalue weighted by molar-refractivity contribution is 5.92. The van der Waals surface area contributed by atoms with E-state index >= 15 is 0 Å². The number of hydrogen-bond acceptors (Lipinski definition) is 3. The highest BCUT2D eigenvalue weighted by Gasteiger charge is 2.07. The lowest BCUT2D eigenvalue weighted by molar-refractivity contribution is -0.138. The minimum atomic E-state index is -0.508. The normalized spacial score (nSPS) is 10.8. The molecule has 0 aromatic rings. The van der Waals surface area contributed by atoms with Gasteiger partial charge in [-0.25, -0.2) is 4.79 Å². The zero-order valence-electron chi connectivity index (χ0n) is 8.88. The van der Waals surface area contributed by atoms with Gasteiger partial charge in [-0.3, -0.25) is 0 Å². The molecule has 0 fully saturated rings. The predicted octanol–water partition coefficient (Wildman–Crippen LogP) is 2.58. The number of nitriles is 1. The molecule has 3 nitrogen and oxygen atoms in total. The molecule has 0 radical (unpaired) electrons. The van der Waals surface area contributed by atoms with Crippen LogP contribution in [0.4, 0.5) is 0 Å². The summed E-state index contributed by atoms with van der Waals surface area (Å²) in [6.45, 7) is 4.15. The Balaban J connectivity index is 4.00. The van der Waals surface area contributed by atoms with Crippen LogP contribution in [0.25, 0.3) is 0 Å². The lowest BCUT2D eigenvalue weighted by Gasteiger charge is -1.99. The van der Waals surface area contributed by atoms with Gasteiger partial charge >= 0.3 is 5.97 Å². The molecule has 0 atom stereocenters. The number of hydrogen-bond donors (Lipinski definition) is 0.